The van der Waals surface area contributed by atoms with Gasteiger partial charge in [-0.1, -0.05) is 11.8 Å². The second kappa shape index (κ2) is 5.07. The summed E-state index contributed by atoms with van der Waals surface area (Å²) in [5.74, 6) is 4.84. The molecule has 5 nitrogen and oxygen atoms in total. The Kier molecular flexibility index (Phi) is 4.69. The average Bonchev–Trinajstić information content (AvgIpc) is 1.87. The smallest absolute Gasteiger partial charge is 0.276 e. The molecule has 0 radical (unpaired) electrons. The molecule has 0 aromatic rings. The standard InChI is InChI=1S/C4H9N3O2S/c5-4(9)10-2-1-3(8)7-6/h1-2,6H2,(H2,5,9)(H,7,8). The van der Waals surface area contributed by atoms with Gasteiger partial charge in [-0.25, -0.2) is 5.84 Å². The van der Waals surface area contributed by atoms with Crippen molar-refractivity contribution in [2.24, 2.45) is 11.6 Å². The van der Waals surface area contributed by atoms with Crippen molar-refractivity contribution in [3.05, 3.63) is 0 Å². The molecule has 0 heterocycles. The number of hydrogen-bond donors (Lipinski definition) is 3. The van der Waals surface area contributed by atoms with Crippen LogP contribution in [0.5, 0.6) is 0 Å². The first-order chi connectivity index (χ1) is 4.66. The lowest BCUT2D eigenvalue weighted by Crippen LogP contribution is -2.30. The van der Waals surface area contributed by atoms with Crippen LogP contribution >= 0.6 is 11.8 Å². The van der Waals surface area contributed by atoms with Gasteiger partial charge in [0.2, 0.25) is 5.91 Å². The Hall–Kier alpha value is -0.750. The largest absolute Gasteiger partial charge is 0.361 e. The molecule has 0 aliphatic carbocycles. The van der Waals surface area contributed by atoms with Crippen molar-refractivity contribution in [1.29, 1.82) is 0 Å². The van der Waals surface area contributed by atoms with Crippen molar-refractivity contribution < 1.29 is 9.59 Å². The van der Waals surface area contributed by atoms with Crippen molar-refractivity contribution in [2.75, 3.05) is 5.75 Å². The molecule has 0 saturated carbocycles. The van der Waals surface area contributed by atoms with E-state index in [9.17, 15) is 9.59 Å². The number of carbonyl (C=O) groups is 2. The molecule has 0 aliphatic rings. The summed E-state index contributed by atoms with van der Waals surface area (Å²) in [6, 6.07) is 0. The molecule has 0 spiro atoms. The number of rotatable bonds is 3. The van der Waals surface area contributed by atoms with Crippen LogP contribution in [0.25, 0.3) is 0 Å². The van der Waals surface area contributed by atoms with E-state index >= 15 is 0 Å². The minimum Gasteiger partial charge on any atom is -0.361 e. The van der Waals surface area contributed by atoms with E-state index < -0.39 is 5.24 Å². The van der Waals surface area contributed by atoms with Gasteiger partial charge in [0.1, 0.15) is 0 Å². The molecule has 0 aliphatic heterocycles. The molecule has 0 fully saturated rings. The lowest BCUT2D eigenvalue weighted by Gasteiger charge is -1.95. The van der Waals surface area contributed by atoms with Crippen LogP contribution in [0, 0.1) is 0 Å². The van der Waals surface area contributed by atoms with Crippen LogP contribution in [0.3, 0.4) is 0 Å². The summed E-state index contributed by atoms with van der Waals surface area (Å²) in [7, 11) is 0. The van der Waals surface area contributed by atoms with Gasteiger partial charge in [0.05, 0.1) is 0 Å². The molecule has 5 N–H and O–H groups in total. The highest BCUT2D eigenvalue weighted by Crippen LogP contribution is 2.00. The number of hydrogen-bond acceptors (Lipinski definition) is 4. The highest BCUT2D eigenvalue weighted by Gasteiger charge is 1.99. The monoisotopic (exact) mass is 163 g/mol. The van der Waals surface area contributed by atoms with Crippen molar-refractivity contribution >= 4 is 22.9 Å². The second-order valence-corrected chi connectivity index (χ2v) is 2.58. The number of nitrogens with two attached hydrogens (primary N) is 2. The van der Waals surface area contributed by atoms with Crippen LogP contribution in [-0.2, 0) is 4.79 Å². The zero-order valence-electron chi connectivity index (χ0n) is 5.29. The zero-order valence-corrected chi connectivity index (χ0v) is 6.11. The number of nitrogens with one attached hydrogen (secondary N) is 1. The average molecular weight is 163 g/mol. The topological polar surface area (TPSA) is 98.2 Å². The normalized spacial score (nSPS) is 8.90. The van der Waals surface area contributed by atoms with Crippen molar-refractivity contribution in [3.63, 3.8) is 0 Å². The summed E-state index contributed by atoms with van der Waals surface area (Å²) in [6.45, 7) is 0. The molecule has 6 heteroatoms. The molecule has 2 amide bonds. The number of hydrazine groups is 1. The van der Waals surface area contributed by atoms with Crippen LogP contribution in [0.4, 0.5) is 4.79 Å². The third-order valence-corrected chi connectivity index (χ3v) is 1.43. The van der Waals surface area contributed by atoms with Gasteiger partial charge in [0, 0.05) is 12.2 Å². The predicted octanol–water partition coefficient (Wildman–Crippen LogP) is -0.822. The van der Waals surface area contributed by atoms with Gasteiger partial charge in [-0.3, -0.25) is 15.0 Å². The van der Waals surface area contributed by atoms with Crippen LogP contribution in [-0.4, -0.2) is 16.9 Å². The van der Waals surface area contributed by atoms with Gasteiger partial charge in [-0.15, -0.1) is 0 Å². The van der Waals surface area contributed by atoms with E-state index in [1.54, 1.807) is 0 Å². The van der Waals surface area contributed by atoms with Crippen molar-refractivity contribution in [1.82, 2.24) is 5.43 Å². The Morgan fingerprint density at radius 3 is 2.50 bits per heavy atom. The van der Waals surface area contributed by atoms with Gasteiger partial charge >= 0.3 is 0 Å². The van der Waals surface area contributed by atoms with Gasteiger partial charge in [-0.2, -0.15) is 0 Å². The second-order valence-electron chi connectivity index (χ2n) is 1.49. The molecule has 0 rings (SSSR count). The molecule has 0 atom stereocenters. The third kappa shape index (κ3) is 5.39. The van der Waals surface area contributed by atoms with Crippen LogP contribution in [0.2, 0.25) is 0 Å². The lowest BCUT2D eigenvalue weighted by molar-refractivity contribution is -0.120. The quantitative estimate of drug-likeness (QED) is 0.287. The van der Waals surface area contributed by atoms with E-state index in [2.05, 4.69) is 0 Å². The van der Waals surface area contributed by atoms with Crippen LogP contribution in [0.15, 0.2) is 0 Å². The number of amides is 2. The van der Waals surface area contributed by atoms with Crippen LogP contribution < -0.4 is 17.0 Å². The first kappa shape index (κ1) is 9.25. The summed E-state index contributed by atoms with van der Waals surface area (Å²) in [6.07, 6.45) is 0.212. The molecule has 0 unspecified atom stereocenters. The minimum atomic E-state index is -0.482. The predicted molar refractivity (Wildman–Crippen MR) is 39.0 cm³/mol. The highest BCUT2D eigenvalue weighted by atomic mass is 32.2. The first-order valence-electron chi connectivity index (χ1n) is 2.58. The fraction of sp³-hybridized carbons (Fsp3) is 0.500. The summed E-state index contributed by atoms with van der Waals surface area (Å²) in [5.41, 5.74) is 6.72. The third-order valence-electron chi connectivity index (χ3n) is 0.734. The number of thioether (sulfide) groups is 1. The molecule has 0 saturated heterocycles. The van der Waals surface area contributed by atoms with E-state index in [0.717, 1.165) is 11.8 Å². The van der Waals surface area contributed by atoms with E-state index in [-0.39, 0.29) is 12.3 Å². The summed E-state index contributed by atoms with van der Waals surface area (Å²) in [5, 5.41) is -0.482. The fourth-order valence-electron chi connectivity index (χ4n) is 0.316. The Bertz CT molecular complexity index is 138. The SMILES string of the molecule is NNC(=O)CCSC(N)=O. The van der Waals surface area contributed by atoms with E-state index in [4.69, 9.17) is 11.6 Å². The van der Waals surface area contributed by atoms with Gasteiger partial charge in [0.15, 0.2) is 0 Å². The Morgan fingerprint density at radius 1 is 1.50 bits per heavy atom. The van der Waals surface area contributed by atoms with Gasteiger partial charge < -0.3 is 5.73 Å². The highest BCUT2D eigenvalue weighted by molar-refractivity contribution is 8.13. The minimum absolute atomic E-state index is 0.212. The lowest BCUT2D eigenvalue weighted by atomic mass is 10.5. The van der Waals surface area contributed by atoms with Crippen molar-refractivity contribution in [2.45, 2.75) is 6.42 Å². The number of carbonyl (C=O) groups excluding carboxylic acids is 2. The molecule has 0 bridgehead atoms. The Labute approximate surface area is 62.5 Å². The zero-order chi connectivity index (χ0) is 7.98. The van der Waals surface area contributed by atoms with Crippen LogP contribution in [0.1, 0.15) is 6.42 Å². The summed E-state index contributed by atoms with van der Waals surface area (Å²) >= 11 is 0.897. The molecule has 58 valence electrons. The molecular weight excluding hydrogens is 154 g/mol. The van der Waals surface area contributed by atoms with E-state index in [0.29, 0.717) is 5.75 Å². The maximum Gasteiger partial charge on any atom is 0.276 e. The Morgan fingerprint density at radius 2 is 2.10 bits per heavy atom. The van der Waals surface area contributed by atoms with Crippen molar-refractivity contribution in [3.8, 4) is 0 Å². The molecule has 10 heavy (non-hydrogen) atoms. The first-order valence-corrected chi connectivity index (χ1v) is 3.57. The van der Waals surface area contributed by atoms with E-state index in [1.807, 2.05) is 5.43 Å². The fourth-order valence-corrected chi connectivity index (χ4v) is 0.805. The summed E-state index contributed by atoms with van der Waals surface area (Å²) in [4.78, 5) is 20.5. The Balaban J connectivity index is 3.20. The molecular formula is C4H9N3O2S. The van der Waals surface area contributed by atoms with E-state index in [1.165, 1.54) is 0 Å². The number of primary amides is 1. The van der Waals surface area contributed by atoms with Gasteiger partial charge in [-0.05, 0) is 0 Å². The maximum absolute atomic E-state index is 10.4. The molecule has 0 aromatic carbocycles. The van der Waals surface area contributed by atoms with Gasteiger partial charge in [0.25, 0.3) is 5.24 Å². The maximum atomic E-state index is 10.4. The summed E-state index contributed by atoms with van der Waals surface area (Å²) < 4.78 is 0. The molecule has 0 aromatic heterocycles.